The van der Waals surface area contributed by atoms with E-state index in [-0.39, 0.29) is 12.0 Å². The lowest BCUT2D eigenvalue weighted by atomic mass is 10.1. The number of hydrogen-bond acceptors (Lipinski definition) is 3. The van der Waals surface area contributed by atoms with Crippen molar-refractivity contribution in [2.75, 3.05) is 33.3 Å². The molecule has 20 heavy (non-hydrogen) atoms. The number of carbonyl (C=O) groups is 2. The number of halogens is 1. The van der Waals surface area contributed by atoms with Gasteiger partial charge in [-0.1, -0.05) is 12.1 Å². The zero-order valence-corrected chi connectivity index (χ0v) is 13.1. The van der Waals surface area contributed by atoms with Gasteiger partial charge >= 0.3 is 6.09 Å². The summed E-state index contributed by atoms with van der Waals surface area (Å²) >= 11 is 3.46. The molecule has 6 heteroatoms. The van der Waals surface area contributed by atoms with Gasteiger partial charge in [-0.2, -0.15) is 0 Å². The molecule has 1 fully saturated rings. The van der Waals surface area contributed by atoms with E-state index in [1.165, 1.54) is 7.11 Å². The van der Waals surface area contributed by atoms with Gasteiger partial charge in [-0.25, -0.2) is 4.79 Å². The maximum absolute atomic E-state index is 12.5. The third-order valence-electron chi connectivity index (χ3n) is 3.42. The van der Waals surface area contributed by atoms with E-state index in [1.807, 2.05) is 25.1 Å². The maximum Gasteiger partial charge on any atom is 0.409 e. The van der Waals surface area contributed by atoms with Gasteiger partial charge in [-0.15, -0.1) is 0 Å². The molecule has 0 atom stereocenters. The molecular weight excluding hydrogens is 324 g/mol. The van der Waals surface area contributed by atoms with Crippen LogP contribution in [0.3, 0.4) is 0 Å². The first-order valence-electron chi connectivity index (χ1n) is 6.42. The number of aryl methyl sites for hydroxylation is 1. The molecular formula is C14H17BrN2O3. The number of amides is 2. The Morgan fingerprint density at radius 2 is 1.75 bits per heavy atom. The highest BCUT2D eigenvalue weighted by molar-refractivity contribution is 9.10. The normalized spacial score (nSPS) is 15.2. The molecule has 0 aliphatic carbocycles. The van der Waals surface area contributed by atoms with Crippen molar-refractivity contribution in [1.82, 2.24) is 9.80 Å². The van der Waals surface area contributed by atoms with Crippen molar-refractivity contribution >= 4 is 27.9 Å². The van der Waals surface area contributed by atoms with Crippen LogP contribution in [0.2, 0.25) is 0 Å². The summed E-state index contributed by atoms with van der Waals surface area (Å²) in [6.07, 6.45) is -0.339. The number of rotatable bonds is 1. The predicted octanol–water partition coefficient (Wildman–Crippen LogP) is 2.28. The second-order valence-electron chi connectivity index (χ2n) is 4.69. The largest absolute Gasteiger partial charge is 0.453 e. The standard InChI is InChI=1S/C14H17BrN2O3/c1-10-4-3-5-11(12(10)15)13(18)16-6-8-17(9-7-16)14(19)20-2/h3-5H,6-9H2,1-2H3. The van der Waals surface area contributed by atoms with E-state index in [0.29, 0.717) is 31.7 Å². The van der Waals surface area contributed by atoms with Crippen molar-refractivity contribution in [1.29, 1.82) is 0 Å². The molecule has 0 unspecified atom stereocenters. The number of methoxy groups -OCH3 is 1. The zero-order chi connectivity index (χ0) is 14.7. The maximum atomic E-state index is 12.5. The van der Waals surface area contributed by atoms with Gasteiger partial charge in [0.1, 0.15) is 0 Å². The lowest BCUT2D eigenvalue weighted by Crippen LogP contribution is -2.50. The minimum absolute atomic E-state index is 0.00918. The van der Waals surface area contributed by atoms with E-state index in [1.54, 1.807) is 9.80 Å². The van der Waals surface area contributed by atoms with Crippen molar-refractivity contribution in [2.45, 2.75) is 6.92 Å². The fraction of sp³-hybridized carbons (Fsp3) is 0.429. The Balaban J connectivity index is 2.05. The average molecular weight is 341 g/mol. The van der Waals surface area contributed by atoms with Crippen LogP contribution in [-0.2, 0) is 4.74 Å². The van der Waals surface area contributed by atoms with Gasteiger partial charge < -0.3 is 14.5 Å². The molecule has 5 nitrogen and oxygen atoms in total. The molecule has 0 spiro atoms. The van der Waals surface area contributed by atoms with Crippen molar-refractivity contribution in [2.24, 2.45) is 0 Å². The SMILES string of the molecule is COC(=O)N1CCN(C(=O)c2cccc(C)c2Br)CC1. The van der Waals surface area contributed by atoms with E-state index in [9.17, 15) is 9.59 Å². The number of piperazine rings is 1. The molecule has 0 radical (unpaired) electrons. The van der Waals surface area contributed by atoms with Crippen LogP contribution in [0.5, 0.6) is 0 Å². The Labute approximate surface area is 126 Å². The summed E-state index contributed by atoms with van der Waals surface area (Å²) in [4.78, 5) is 27.3. The minimum atomic E-state index is -0.339. The Morgan fingerprint density at radius 3 is 2.35 bits per heavy atom. The molecule has 1 aromatic carbocycles. The van der Waals surface area contributed by atoms with Crippen LogP contribution in [0, 0.1) is 6.92 Å². The molecule has 2 rings (SSSR count). The number of hydrogen-bond donors (Lipinski definition) is 0. The first-order valence-corrected chi connectivity index (χ1v) is 7.21. The van der Waals surface area contributed by atoms with Crippen LogP contribution in [-0.4, -0.2) is 55.1 Å². The molecule has 1 aromatic rings. The molecule has 0 saturated carbocycles. The van der Waals surface area contributed by atoms with Gasteiger partial charge in [0.25, 0.3) is 5.91 Å². The fourth-order valence-electron chi connectivity index (χ4n) is 2.20. The van der Waals surface area contributed by atoms with Crippen LogP contribution in [0.1, 0.15) is 15.9 Å². The molecule has 1 saturated heterocycles. The highest BCUT2D eigenvalue weighted by Gasteiger charge is 2.26. The van der Waals surface area contributed by atoms with Gasteiger partial charge in [0.2, 0.25) is 0 Å². The molecule has 0 aromatic heterocycles. The first kappa shape index (κ1) is 14.8. The average Bonchev–Trinajstić information content (AvgIpc) is 2.48. The van der Waals surface area contributed by atoms with Crippen molar-refractivity contribution in [3.05, 3.63) is 33.8 Å². The molecule has 0 N–H and O–H groups in total. The molecule has 108 valence electrons. The van der Waals surface area contributed by atoms with E-state index in [0.717, 1.165) is 10.0 Å². The highest BCUT2D eigenvalue weighted by Crippen LogP contribution is 2.23. The van der Waals surface area contributed by atoms with E-state index < -0.39 is 0 Å². The predicted molar refractivity (Wildman–Crippen MR) is 78.8 cm³/mol. The fourth-order valence-corrected chi connectivity index (χ4v) is 2.64. The Kier molecular flexibility index (Phi) is 4.65. The van der Waals surface area contributed by atoms with Crippen molar-refractivity contribution in [3.8, 4) is 0 Å². The summed E-state index contributed by atoms with van der Waals surface area (Å²) in [6.45, 7) is 4.00. The van der Waals surface area contributed by atoms with Crippen LogP contribution in [0.4, 0.5) is 4.79 Å². The summed E-state index contributed by atoms with van der Waals surface area (Å²) in [5, 5.41) is 0. The zero-order valence-electron chi connectivity index (χ0n) is 11.6. The third-order valence-corrected chi connectivity index (χ3v) is 4.47. The molecule has 1 heterocycles. The van der Waals surface area contributed by atoms with Crippen LogP contribution in [0.15, 0.2) is 22.7 Å². The molecule has 0 bridgehead atoms. The highest BCUT2D eigenvalue weighted by atomic mass is 79.9. The molecule has 1 aliphatic rings. The Bertz CT molecular complexity index is 525. The van der Waals surface area contributed by atoms with E-state index in [4.69, 9.17) is 0 Å². The van der Waals surface area contributed by atoms with Gasteiger partial charge in [-0.05, 0) is 34.5 Å². The van der Waals surface area contributed by atoms with Gasteiger partial charge in [0.15, 0.2) is 0 Å². The lowest BCUT2D eigenvalue weighted by Gasteiger charge is -2.34. The van der Waals surface area contributed by atoms with Crippen LogP contribution < -0.4 is 0 Å². The first-order chi connectivity index (χ1) is 9.54. The van der Waals surface area contributed by atoms with E-state index in [2.05, 4.69) is 20.7 Å². The topological polar surface area (TPSA) is 49.9 Å². The molecule has 2 amide bonds. The van der Waals surface area contributed by atoms with Gasteiger partial charge in [0.05, 0.1) is 12.7 Å². The summed E-state index contributed by atoms with van der Waals surface area (Å²) in [6, 6.07) is 5.64. The second kappa shape index (κ2) is 6.26. The van der Waals surface area contributed by atoms with Gasteiger partial charge in [0, 0.05) is 30.7 Å². The van der Waals surface area contributed by atoms with Crippen molar-refractivity contribution in [3.63, 3.8) is 0 Å². The number of nitrogens with zero attached hydrogens (tertiary/aromatic N) is 2. The Morgan fingerprint density at radius 1 is 1.15 bits per heavy atom. The van der Waals surface area contributed by atoms with E-state index >= 15 is 0 Å². The summed E-state index contributed by atoms with van der Waals surface area (Å²) < 4.78 is 5.51. The number of ether oxygens (including phenoxy) is 1. The Hall–Kier alpha value is -1.56. The summed E-state index contributed by atoms with van der Waals surface area (Å²) in [5.41, 5.74) is 1.69. The van der Waals surface area contributed by atoms with Crippen LogP contribution in [0.25, 0.3) is 0 Å². The lowest BCUT2D eigenvalue weighted by molar-refractivity contribution is 0.0599. The monoisotopic (exact) mass is 340 g/mol. The summed E-state index contributed by atoms with van der Waals surface area (Å²) in [7, 11) is 1.36. The third kappa shape index (κ3) is 2.95. The smallest absolute Gasteiger partial charge is 0.409 e. The number of carbonyl (C=O) groups excluding carboxylic acids is 2. The number of benzene rings is 1. The summed E-state index contributed by atoms with van der Waals surface area (Å²) in [5.74, 6) is -0.00918. The minimum Gasteiger partial charge on any atom is -0.453 e. The van der Waals surface area contributed by atoms with Crippen molar-refractivity contribution < 1.29 is 14.3 Å². The molecule has 1 aliphatic heterocycles. The van der Waals surface area contributed by atoms with Gasteiger partial charge in [-0.3, -0.25) is 4.79 Å². The quantitative estimate of drug-likeness (QED) is 0.788. The van der Waals surface area contributed by atoms with Crippen LogP contribution >= 0.6 is 15.9 Å². The second-order valence-corrected chi connectivity index (χ2v) is 5.48.